The van der Waals surface area contributed by atoms with Crippen molar-refractivity contribution in [3.8, 4) is 5.75 Å². The van der Waals surface area contributed by atoms with E-state index in [-0.39, 0.29) is 13.1 Å². The van der Waals surface area contributed by atoms with Gasteiger partial charge in [0.15, 0.2) is 0 Å². The zero-order valence-electron chi connectivity index (χ0n) is 17.8. The van der Waals surface area contributed by atoms with Crippen molar-refractivity contribution in [2.75, 3.05) is 30.8 Å². The summed E-state index contributed by atoms with van der Waals surface area (Å²) in [5.41, 5.74) is -0.443. The minimum atomic E-state index is -4.78. The Morgan fingerprint density at radius 3 is 2.30 bits per heavy atom. The summed E-state index contributed by atoms with van der Waals surface area (Å²) < 4.78 is 71.4. The van der Waals surface area contributed by atoms with Crippen LogP contribution in [-0.4, -0.2) is 38.6 Å². The van der Waals surface area contributed by atoms with Gasteiger partial charge in [0.05, 0.1) is 17.6 Å². The Kier molecular flexibility index (Phi) is 7.39. The molecule has 0 aliphatic carbocycles. The van der Waals surface area contributed by atoms with Gasteiger partial charge in [-0.3, -0.25) is 0 Å². The second kappa shape index (κ2) is 10.0. The Morgan fingerprint density at radius 1 is 0.970 bits per heavy atom. The molecule has 0 spiro atoms. The van der Waals surface area contributed by atoms with Crippen molar-refractivity contribution in [3.63, 3.8) is 0 Å². The fraction of sp³-hybridized carbons (Fsp3) is 0.238. The lowest BCUT2D eigenvalue weighted by atomic mass is 10.2. The summed E-state index contributed by atoms with van der Waals surface area (Å²) in [6, 6.07) is 12.9. The first-order valence-corrected chi connectivity index (χ1v) is 11.2. The topological polar surface area (TPSA) is 105 Å². The molecule has 2 aromatic carbocycles. The van der Waals surface area contributed by atoms with Gasteiger partial charge in [-0.1, -0.05) is 12.1 Å². The normalized spacial score (nSPS) is 11.8. The van der Waals surface area contributed by atoms with Crippen LogP contribution < -0.4 is 20.1 Å². The minimum Gasteiger partial charge on any atom is -0.497 e. The average molecular weight is 482 g/mol. The molecule has 3 aromatic rings. The van der Waals surface area contributed by atoms with Crippen LogP contribution in [0.3, 0.4) is 0 Å². The van der Waals surface area contributed by atoms with Crippen molar-refractivity contribution in [2.24, 2.45) is 0 Å². The summed E-state index contributed by atoms with van der Waals surface area (Å²) in [5.74, 6) is 2.11. The van der Waals surface area contributed by atoms with Gasteiger partial charge in [-0.25, -0.2) is 23.1 Å². The van der Waals surface area contributed by atoms with E-state index < -0.39 is 26.7 Å². The lowest BCUT2D eigenvalue weighted by molar-refractivity contribution is -0.139. The Bertz CT molecular complexity index is 1200. The molecule has 1 heterocycles. The zero-order chi connectivity index (χ0) is 24.1. The molecule has 0 aliphatic rings. The molecule has 0 atom stereocenters. The van der Waals surface area contributed by atoms with Crippen molar-refractivity contribution < 1.29 is 26.3 Å². The van der Waals surface area contributed by atoms with Crippen molar-refractivity contribution in [1.82, 2.24) is 14.7 Å². The van der Waals surface area contributed by atoms with Crippen LogP contribution in [0.1, 0.15) is 11.4 Å². The van der Waals surface area contributed by atoms with E-state index in [0.717, 1.165) is 23.9 Å². The molecule has 0 radical (unpaired) electrons. The van der Waals surface area contributed by atoms with Gasteiger partial charge in [0.2, 0.25) is 10.0 Å². The van der Waals surface area contributed by atoms with Crippen LogP contribution in [0.25, 0.3) is 0 Å². The van der Waals surface area contributed by atoms with Gasteiger partial charge in [0, 0.05) is 24.8 Å². The number of nitrogens with one attached hydrogen (secondary N) is 3. The molecule has 3 rings (SSSR count). The van der Waals surface area contributed by atoms with E-state index >= 15 is 0 Å². The highest BCUT2D eigenvalue weighted by atomic mass is 32.2. The van der Waals surface area contributed by atoms with E-state index in [1.165, 1.54) is 6.07 Å². The highest BCUT2D eigenvalue weighted by molar-refractivity contribution is 7.89. The van der Waals surface area contributed by atoms with Gasteiger partial charge in [-0.2, -0.15) is 13.2 Å². The molecule has 0 saturated carbocycles. The number of alkyl halides is 3. The van der Waals surface area contributed by atoms with E-state index in [0.29, 0.717) is 23.2 Å². The smallest absolute Gasteiger partial charge is 0.417 e. The van der Waals surface area contributed by atoms with E-state index in [2.05, 4.69) is 25.3 Å². The predicted molar refractivity (Wildman–Crippen MR) is 118 cm³/mol. The number of benzene rings is 2. The number of hydrogen-bond acceptors (Lipinski definition) is 7. The number of aromatic nitrogens is 2. The maximum Gasteiger partial charge on any atom is 0.417 e. The van der Waals surface area contributed by atoms with Gasteiger partial charge < -0.3 is 15.4 Å². The van der Waals surface area contributed by atoms with Crippen LogP contribution in [0.5, 0.6) is 5.75 Å². The Hall–Kier alpha value is -3.38. The highest BCUT2D eigenvalue weighted by Gasteiger charge is 2.36. The number of hydrogen-bond donors (Lipinski definition) is 3. The molecule has 12 heteroatoms. The van der Waals surface area contributed by atoms with Crippen molar-refractivity contribution >= 4 is 27.3 Å². The quantitative estimate of drug-likeness (QED) is 0.398. The van der Waals surface area contributed by atoms with Crippen LogP contribution in [0, 0.1) is 6.92 Å². The molecule has 33 heavy (non-hydrogen) atoms. The maximum absolute atomic E-state index is 13.1. The fourth-order valence-electron chi connectivity index (χ4n) is 2.93. The van der Waals surface area contributed by atoms with E-state index in [1.54, 1.807) is 32.2 Å². The monoisotopic (exact) mass is 481 g/mol. The number of aryl methyl sites for hydroxylation is 1. The van der Waals surface area contributed by atoms with Crippen molar-refractivity contribution in [2.45, 2.75) is 18.0 Å². The highest BCUT2D eigenvalue weighted by Crippen LogP contribution is 2.33. The molecular weight excluding hydrogens is 459 g/mol. The molecular formula is C21H22F3N5O3S. The molecule has 0 amide bonds. The Morgan fingerprint density at radius 2 is 1.64 bits per heavy atom. The summed E-state index contributed by atoms with van der Waals surface area (Å²) in [5, 5.41) is 6.07. The number of sulfonamides is 1. The fourth-order valence-corrected chi connectivity index (χ4v) is 4.19. The third-order valence-corrected chi connectivity index (χ3v) is 5.92. The Balaban J connectivity index is 1.62. The maximum atomic E-state index is 13.1. The van der Waals surface area contributed by atoms with Gasteiger partial charge >= 0.3 is 6.18 Å². The van der Waals surface area contributed by atoms with Crippen molar-refractivity contribution in [1.29, 1.82) is 0 Å². The van der Waals surface area contributed by atoms with Gasteiger partial charge in [0.25, 0.3) is 0 Å². The summed E-state index contributed by atoms with van der Waals surface area (Å²) in [6.45, 7) is 1.63. The summed E-state index contributed by atoms with van der Waals surface area (Å²) in [7, 11) is -2.78. The number of ether oxygens (including phenoxy) is 1. The lowest BCUT2D eigenvalue weighted by Crippen LogP contribution is -2.30. The average Bonchev–Trinajstić information content (AvgIpc) is 2.76. The minimum absolute atomic E-state index is 0.0891. The van der Waals surface area contributed by atoms with Gasteiger partial charge in [-0.15, -0.1) is 0 Å². The van der Waals surface area contributed by atoms with Crippen LogP contribution in [0.15, 0.2) is 59.5 Å². The van der Waals surface area contributed by atoms with E-state index in [9.17, 15) is 21.6 Å². The van der Waals surface area contributed by atoms with Crippen LogP contribution >= 0.6 is 0 Å². The number of halogens is 3. The molecule has 0 unspecified atom stereocenters. The summed E-state index contributed by atoms with van der Waals surface area (Å²) in [6.07, 6.45) is -4.78. The molecule has 0 fully saturated rings. The SMILES string of the molecule is COc1ccc(Nc2cc(NCCNS(=O)(=O)c3ccccc3C(F)(F)F)nc(C)n2)cc1. The molecule has 0 saturated heterocycles. The van der Waals surface area contributed by atoms with E-state index in [1.807, 2.05) is 12.1 Å². The molecule has 176 valence electrons. The third kappa shape index (κ3) is 6.56. The van der Waals surface area contributed by atoms with Crippen LogP contribution in [-0.2, 0) is 16.2 Å². The standard InChI is InChI=1S/C21H22F3N5O3S/c1-14-27-19(13-20(28-14)29-15-7-9-16(32-2)10-8-15)25-11-12-26-33(30,31)18-6-4-3-5-17(18)21(22,23)24/h3-10,13,26H,11-12H2,1-2H3,(H2,25,27,28,29). The summed E-state index contributed by atoms with van der Waals surface area (Å²) >= 11 is 0. The first-order valence-electron chi connectivity index (χ1n) is 9.75. The molecule has 8 nitrogen and oxygen atoms in total. The second-order valence-corrected chi connectivity index (χ2v) is 8.59. The largest absolute Gasteiger partial charge is 0.497 e. The molecule has 1 aromatic heterocycles. The predicted octanol–water partition coefficient (Wildman–Crippen LogP) is 3.95. The number of anilines is 3. The lowest BCUT2D eigenvalue weighted by Gasteiger charge is -2.14. The molecule has 0 bridgehead atoms. The first kappa shape index (κ1) is 24.3. The first-order chi connectivity index (χ1) is 15.6. The zero-order valence-corrected chi connectivity index (χ0v) is 18.6. The number of methoxy groups -OCH3 is 1. The van der Waals surface area contributed by atoms with Gasteiger partial charge in [0.1, 0.15) is 23.2 Å². The Labute approximate surface area is 189 Å². The van der Waals surface area contributed by atoms with Crippen molar-refractivity contribution in [3.05, 3.63) is 66.0 Å². The molecule has 0 aliphatic heterocycles. The molecule has 3 N–H and O–H groups in total. The summed E-state index contributed by atoms with van der Waals surface area (Å²) in [4.78, 5) is 7.72. The van der Waals surface area contributed by atoms with Crippen LogP contribution in [0.4, 0.5) is 30.5 Å². The second-order valence-electron chi connectivity index (χ2n) is 6.86. The third-order valence-electron chi connectivity index (χ3n) is 4.41. The van der Waals surface area contributed by atoms with E-state index in [4.69, 9.17) is 4.74 Å². The van der Waals surface area contributed by atoms with Crippen LogP contribution in [0.2, 0.25) is 0 Å². The number of nitrogens with zero attached hydrogens (tertiary/aromatic N) is 2. The van der Waals surface area contributed by atoms with Gasteiger partial charge in [-0.05, 0) is 43.3 Å². The number of rotatable bonds is 9.